The van der Waals surface area contributed by atoms with Crippen molar-refractivity contribution < 1.29 is 19.1 Å². The van der Waals surface area contributed by atoms with Crippen molar-refractivity contribution in [2.45, 2.75) is 0 Å². The van der Waals surface area contributed by atoms with E-state index < -0.39 is 11.8 Å². The minimum atomic E-state index is -0.488. The normalized spacial score (nSPS) is 9.84. The lowest BCUT2D eigenvalue weighted by Gasteiger charge is -2.11. The number of carbonyl (C=O) groups is 2. The van der Waals surface area contributed by atoms with Gasteiger partial charge in [-0.15, -0.1) is 0 Å². The molecule has 0 radical (unpaired) electrons. The lowest BCUT2D eigenvalue weighted by Crippen LogP contribution is -2.41. The fourth-order valence-corrected chi connectivity index (χ4v) is 2.33. The van der Waals surface area contributed by atoms with Crippen LogP contribution in [-0.4, -0.2) is 25.5 Å². The molecule has 6 nitrogen and oxygen atoms in total. The molecule has 0 aliphatic rings. The Kier molecular flexibility index (Phi) is 6.59. The van der Waals surface area contributed by atoms with Gasteiger partial charge in [0.25, 0.3) is 11.8 Å². The topological polar surface area (TPSA) is 76.7 Å². The molecule has 0 aromatic heterocycles. The van der Waals surface area contributed by atoms with E-state index >= 15 is 0 Å². The van der Waals surface area contributed by atoms with Crippen LogP contribution >= 0.6 is 15.9 Å². The summed E-state index contributed by atoms with van der Waals surface area (Å²) in [5, 5.41) is 0. The minimum absolute atomic E-state index is 0.297. The number of carbonyl (C=O) groups excluding carboxylic acids is 2. The Labute approximate surface area is 153 Å². The molecule has 0 aliphatic carbocycles. The van der Waals surface area contributed by atoms with Crippen molar-refractivity contribution in [2.24, 2.45) is 0 Å². The number of hydrogen-bond donors (Lipinski definition) is 2. The Morgan fingerprint density at radius 3 is 2.44 bits per heavy atom. The van der Waals surface area contributed by atoms with E-state index in [0.717, 1.165) is 4.47 Å². The summed E-state index contributed by atoms with van der Waals surface area (Å²) >= 11 is 3.29. The molecule has 25 heavy (non-hydrogen) atoms. The van der Waals surface area contributed by atoms with Crippen LogP contribution in [0.25, 0.3) is 0 Å². The number of hydrazine groups is 1. The number of ether oxygens (including phenoxy) is 2. The zero-order valence-electron chi connectivity index (χ0n) is 13.5. The Bertz CT molecular complexity index is 775. The van der Waals surface area contributed by atoms with Crippen LogP contribution < -0.4 is 20.3 Å². The number of nitrogens with one attached hydrogen (secondary N) is 2. The highest BCUT2D eigenvalue weighted by Gasteiger charge is 2.14. The lowest BCUT2D eigenvalue weighted by atomic mass is 10.2. The Balaban J connectivity index is 1.98. The standard InChI is InChI=1S/C18H17BrN2O4/c1-3-10-25-14-7-4-12(5-8-14)17(22)20-21-18(23)15-11-13(19)6-9-16(15)24-2/h3-9,11H,1,10H2,2H3,(H,20,22)(H,21,23). The van der Waals surface area contributed by atoms with Crippen LogP contribution in [0.15, 0.2) is 59.6 Å². The molecule has 2 N–H and O–H groups in total. The van der Waals surface area contributed by atoms with E-state index in [-0.39, 0.29) is 0 Å². The maximum atomic E-state index is 12.2. The predicted octanol–water partition coefficient (Wildman–Crippen LogP) is 3.10. The summed E-state index contributed by atoms with van der Waals surface area (Å²) in [5.74, 6) is 0.0908. The average Bonchev–Trinajstić information content (AvgIpc) is 2.64. The first-order valence-corrected chi connectivity index (χ1v) is 8.12. The molecule has 0 spiro atoms. The van der Waals surface area contributed by atoms with E-state index in [1.807, 2.05) is 0 Å². The van der Waals surface area contributed by atoms with Crippen molar-refractivity contribution in [3.8, 4) is 11.5 Å². The number of rotatable bonds is 6. The molecule has 0 atom stereocenters. The molecule has 2 aromatic rings. The largest absolute Gasteiger partial charge is 0.496 e. The Hall–Kier alpha value is -2.80. The van der Waals surface area contributed by atoms with Gasteiger partial charge in [-0.3, -0.25) is 20.4 Å². The van der Waals surface area contributed by atoms with E-state index in [4.69, 9.17) is 9.47 Å². The molecule has 2 rings (SSSR count). The van der Waals surface area contributed by atoms with Gasteiger partial charge in [0.1, 0.15) is 18.1 Å². The van der Waals surface area contributed by atoms with E-state index in [1.165, 1.54) is 7.11 Å². The number of amides is 2. The fourth-order valence-electron chi connectivity index (χ4n) is 1.97. The van der Waals surface area contributed by atoms with Crippen molar-refractivity contribution in [1.82, 2.24) is 10.9 Å². The highest BCUT2D eigenvalue weighted by Crippen LogP contribution is 2.22. The molecular weight excluding hydrogens is 388 g/mol. The van der Waals surface area contributed by atoms with Gasteiger partial charge in [0.15, 0.2) is 0 Å². The third-order valence-corrected chi connectivity index (χ3v) is 3.67. The molecule has 0 heterocycles. The van der Waals surface area contributed by atoms with Gasteiger partial charge >= 0.3 is 0 Å². The molecule has 0 fully saturated rings. The third kappa shape index (κ3) is 5.09. The van der Waals surface area contributed by atoms with Crippen molar-refractivity contribution in [3.63, 3.8) is 0 Å². The van der Waals surface area contributed by atoms with Crippen molar-refractivity contribution in [3.05, 3.63) is 70.7 Å². The highest BCUT2D eigenvalue weighted by atomic mass is 79.9. The molecule has 2 amide bonds. The predicted molar refractivity (Wildman–Crippen MR) is 97.8 cm³/mol. The van der Waals surface area contributed by atoms with Crippen molar-refractivity contribution >= 4 is 27.7 Å². The molecule has 0 unspecified atom stereocenters. The van der Waals surface area contributed by atoms with E-state index in [1.54, 1.807) is 48.5 Å². The zero-order valence-corrected chi connectivity index (χ0v) is 15.1. The average molecular weight is 405 g/mol. The number of hydrogen-bond acceptors (Lipinski definition) is 4. The SMILES string of the molecule is C=CCOc1ccc(C(=O)NNC(=O)c2cc(Br)ccc2OC)cc1. The van der Waals surface area contributed by atoms with Crippen LogP contribution in [0.1, 0.15) is 20.7 Å². The summed E-state index contributed by atoms with van der Waals surface area (Å²) in [4.78, 5) is 24.3. The maximum Gasteiger partial charge on any atom is 0.273 e. The van der Waals surface area contributed by atoms with Crippen LogP contribution in [0.2, 0.25) is 0 Å². The van der Waals surface area contributed by atoms with Gasteiger partial charge in [-0.2, -0.15) is 0 Å². The van der Waals surface area contributed by atoms with Gasteiger partial charge in [-0.1, -0.05) is 28.6 Å². The Morgan fingerprint density at radius 1 is 1.12 bits per heavy atom. The monoisotopic (exact) mass is 404 g/mol. The van der Waals surface area contributed by atoms with E-state index in [9.17, 15) is 9.59 Å². The van der Waals surface area contributed by atoms with Gasteiger partial charge in [0, 0.05) is 10.0 Å². The zero-order chi connectivity index (χ0) is 18.2. The van der Waals surface area contributed by atoms with Gasteiger partial charge in [0.05, 0.1) is 12.7 Å². The molecular formula is C18H17BrN2O4. The quantitative estimate of drug-likeness (QED) is 0.572. The maximum absolute atomic E-state index is 12.2. The summed E-state index contributed by atoms with van der Waals surface area (Å²) in [5.41, 5.74) is 5.41. The van der Waals surface area contributed by atoms with E-state index in [0.29, 0.717) is 29.2 Å². The molecule has 0 bridgehead atoms. The second-order valence-electron chi connectivity index (χ2n) is 4.88. The summed E-state index contributed by atoms with van der Waals surface area (Å²) in [7, 11) is 1.47. The molecule has 7 heteroatoms. The second-order valence-corrected chi connectivity index (χ2v) is 5.79. The molecule has 0 saturated heterocycles. The van der Waals surface area contributed by atoms with E-state index in [2.05, 4.69) is 33.4 Å². The first-order chi connectivity index (χ1) is 12.0. The Morgan fingerprint density at radius 2 is 1.80 bits per heavy atom. The first kappa shape index (κ1) is 18.5. The van der Waals surface area contributed by atoms with Gasteiger partial charge in [-0.05, 0) is 42.5 Å². The number of benzene rings is 2. The first-order valence-electron chi connectivity index (χ1n) is 7.33. The molecule has 130 valence electrons. The van der Waals surface area contributed by atoms with Crippen LogP contribution in [0.5, 0.6) is 11.5 Å². The van der Waals surface area contributed by atoms with Crippen LogP contribution in [0.3, 0.4) is 0 Å². The molecule has 0 saturated carbocycles. The summed E-state index contributed by atoms with van der Waals surface area (Å²) in [6.07, 6.45) is 1.63. The van der Waals surface area contributed by atoms with Gasteiger partial charge in [0.2, 0.25) is 0 Å². The second kappa shape index (κ2) is 8.89. The molecule has 2 aromatic carbocycles. The lowest BCUT2D eigenvalue weighted by molar-refractivity contribution is 0.0845. The van der Waals surface area contributed by atoms with Gasteiger partial charge in [-0.25, -0.2) is 0 Å². The fraction of sp³-hybridized carbons (Fsp3) is 0.111. The highest BCUT2D eigenvalue weighted by molar-refractivity contribution is 9.10. The summed E-state index contributed by atoms with van der Waals surface area (Å²) in [6.45, 7) is 3.95. The van der Waals surface area contributed by atoms with Gasteiger partial charge < -0.3 is 9.47 Å². The summed E-state index contributed by atoms with van der Waals surface area (Å²) < 4.78 is 11.2. The van der Waals surface area contributed by atoms with Crippen LogP contribution in [0, 0.1) is 0 Å². The molecule has 0 aliphatic heterocycles. The smallest absolute Gasteiger partial charge is 0.273 e. The van der Waals surface area contributed by atoms with Crippen LogP contribution in [0.4, 0.5) is 0 Å². The minimum Gasteiger partial charge on any atom is -0.496 e. The number of methoxy groups -OCH3 is 1. The van der Waals surface area contributed by atoms with Crippen molar-refractivity contribution in [2.75, 3.05) is 13.7 Å². The van der Waals surface area contributed by atoms with Crippen LogP contribution in [-0.2, 0) is 0 Å². The third-order valence-electron chi connectivity index (χ3n) is 3.18. The van der Waals surface area contributed by atoms with Crippen molar-refractivity contribution in [1.29, 1.82) is 0 Å². The summed E-state index contributed by atoms with van der Waals surface area (Å²) in [6, 6.07) is 11.5. The number of halogens is 1.